The van der Waals surface area contributed by atoms with Gasteiger partial charge in [-0.2, -0.15) is 0 Å². The predicted octanol–water partition coefficient (Wildman–Crippen LogP) is 0.901. The Morgan fingerprint density at radius 3 is 2.24 bits per heavy atom. The molecule has 9 nitrogen and oxygen atoms in total. The van der Waals surface area contributed by atoms with E-state index in [1.54, 1.807) is 28.1 Å². The van der Waals surface area contributed by atoms with Gasteiger partial charge in [0.1, 0.15) is 17.9 Å². The maximum absolute atomic E-state index is 13.3. The van der Waals surface area contributed by atoms with Crippen molar-refractivity contribution in [2.45, 2.75) is 18.9 Å². The van der Waals surface area contributed by atoms with E-state index in [1.807, 2.05) is 6.07 Å². The number of hydrogen-bond donors (Lipinski definition) is 1. The van der Waals surface area contributed by atoms with Crippen molar-refractivity contribution in [3.8, 4) is 0 Å². The molecule has 1 N–H and O–H groups in total. The zero-order valence-electron chi connectivity index (χ0n) is 18.2. The molecule has 2 aromatic rings. The van der Waals surface area contributed by atoms with E-state index in [0.717, 1.165) is 4.90 Å². The van der Waals surface area contributed by atoms with E-state index >= 15 is 0 Å². The van der Waals surface area contributed by atoms with Crippen molar-refractivity contribution in [2.75, 3.05) is 32.7 Å². The van der Waals surface area contributed by atoms with Gasteiger partial charge in [-0.1, -0.05) is 18.2 Å². The lowest BCUT2D eigenvalue weighted by Crippen LogP contribution is -2.53. The Labute approximate surface area is 190 Å². The molecule has 2 aliphatic rings. The zero-order chi connectivity index (χ0) is 23.6. The average molecular weight is 453 g/mol. The third-order valence-corrected chi connectivity index (χ3v) is 6.03. The molecule has 3 heterocycles. The summed E-state index contributed by atoms with van der Waals surface area (Å²) in [6.07, 6.45) is 1.83. The number of nitrogens with zero attached hydrogens (tertiary/aromatic N) is 4. The third-order valence-electron chi connectivity index (χ3n) is 6.03. The molecule has 1 unspecified atom stereocenters. The highest BCUT2D eigenvalue weighted by Gasteiger charge is 2.49. The Morgan fingerprint density at radius 1 is 1.00 bits per heavy atom. The molecule has 0 radical (unpaired) electrons. The van der Waals surface area contributed by atoms with Crippen LogP contribution >= 0.6 is 0 Å². The van der Waals surface area contributed by atoms with Gasteiger partial charge >= 0.3 is 6.03 Å². The van der Waals surface area contributed by atoms with Crippen LogP contribution in [0.4, 0.5) is 9.18 Å². The predicted molar refractivity (Wildman–Crippen MR) is 115 cm³/mol. The molecule has 0 saturated carbocycles. The molecular weight excluding hydrogens is 429 g/mol. The number of nitrogens with one attached hydrogen (secondary N) is 1. The van der Waals surface area contributed by atoms with Crippen LogP contribution in [0.3, 0.4) is 0 Å². The Balaban J connectivity index is 1.33. The van der Waals surface area contributed by atoms with Crippen LogP contribution in [-0.4, -0.2) is 76.2 Å². The van der Waals surface area contributed by atoms with Crippen molar-refractivity contribution in [2.24, 2.45) is 0 Å². The summed E-state index contributed by atoms with van der Waals surface area (Å²) in [7, 11) is 0. The normalized spacial score (nSPS) is 20.7. The molecule has 1 aromatic carbocycles. The number of benzene rings is 1. The largest absolute Gasteiger partial charge is 0.339 e. The Kier molecular flexibility index (Phi) is 6.08. The summed E-state index contributed by atoms with van der Waals surface area (Å²) >= 11 is 0. The molecule has 172 valence electrons. The van der Waals surface area contributed by atoms with E-state index in [0.29, 0.717) is 37.4 Å². The fourth-order valence-electron chi connectivity index (χ4n) is 4.03. The quantitative estimate of drug-likeness (QED) is 0.678. The van der Waals surface area contributed by atoms with Gasteiger partial charge in [-0.25, -0.2) is 9.18 Å². The highest BCUT2D eigenvalue weighted by Crippen LogP contribution is 2.29. The molecule has 2 aliphatic heterocycles. The molecule has 0 bridgehead atoms. The lowest BCUT2D eigenvalue weighted by Gasteiger charge is -2.35. The highest BCUT2D eigenvalue weighted by molar-refractivity contribution is 6.09. The number of pyridine rings is 1. The first kappa shape index (κ1) is 22.4. The van der Waals surface area contributed by atoms with Crippen LogP contribution in [0.1, 0.15) is 18.2 Å². The summed E-state index contributed by atoms with van der Waals surface area (Å²) < 4.78 is 13.3. The molecule has 10 heteroatoms. The van der Waals surface area contributed by atoms with Gasteiger partial charge in [0.2, 0.25) is 11.8 Å². The van der Waals surface area contributed by atoms with Gasteiger partial charge in [-0.05, 0) is 36.8 Å². The number of piperazine rings is 1. The Morgan fingerprint density at radius 2 is 1.64 bits per heavy atom. The van der Waals surface area contributed by atoms with Crippen molar-refractivity contribution in [3.63, 3.8) is 0 Å². The maximum Gasteiger partial charge on any atom is 0.325 e. The van der Waals surface area contributed by atoms with E-state index in [-0.39, 0.29) is 18.2 Å². The Hall–Kier alpha value is -3.82. The van der Waals surface area contributed by atoms with Crippen LogP contribution in [0.15, 0.2) is 48.7 Å². The number of urea groups is 1. The van der Waals surface area contributed by atoms with Crippen LogP contribution in [0.25, 0.3) is 0 Å². The van der Waals surface area contributed by atoms with Gasteiger partial charge in [-0.3, -0.25) is 24.3 Å². The van der Waals surface area contributed by atoms with Crippen LogP contribution in [0.2, 0.25) is 0 Å². The van der Waals surface area contributed by atoms with Gasteiger partial charge in [0.25, 0.3) is 5.91 Å². The van der Waals surface area contributed by atoms with E-state index in [2.05, 4.69) is 10.3 Å². The minimum absolute atomic E-state index is 0.0649. The number of rotatable bonds is 5. The maximum atomic E-state index is 13.3. The molecule has 4 rings (SSSR count). The second-order valence-corrected chi connectivity index (χ2v) is 8.21. The molecular formula is C23H24FN5O4. The number of halogens is 1. The van der Waals surface area contributed by atoms with Gasteiger partial charge < -0.3 is 15.1 Å². The Bertz CT molecular complexity index is 1070. The lowest BCUT2D eigenvalue weighted by molar-refractivity contribution is -0.142. The summed E-state index contributed by atoms with van der Waals surface area (Å²) in [6, 6.07) is 10.00. The molecule has 1 aromatic heterocycles. The van der Waals surface area contributed by atoms with Gasteiger partial charge in [0.05, 0.1) is 6.42 Å². The number of carbonyl (C=O) groups excluding carboxylic acids is 4. The average Bonchev–Trinajstić information content (AvgIpc) is 3.04. The molecule has 0 spiro atoms. The fraction of sp³-hybridized carbons (Fsp3) is 0.348. The first-order valence-electron chi connectivity index (χ1n) is 10.6. The minimum Gasteiger partial charge on any atom is -0.339 e. The molecule has 2 fully saturated rings. The highest BCUT2D eigenvalue weighted by atomic mass is 19.1. The van der Waals surface area contributed by atoms with Crippen LogP contribution in [0, 0.1) is 5.82 Å². The van der Waals surface area contributed by atoms with Gasteiger partial charge in [0, 0.05) is 38.1 Å². The molecule has 33 heavy (non-hydrogen) atoms. The minimum atomic E-state index is -1.37. The van der Waals surface area contributed by atoms with Crippen molar-refractivity contribution >= 4 is 23.8 Å². The number of carbonyl (C=O) groups is 4. The van der Waals surface area contributed by atoms with Crippen molar-refractivity contribution in [3.05, 3.63) is 65.7 Å². The second-order valence-electron chi connectivity index (χ2n) is 8.21. The summed E-state index contributed by atoms with van der Waals surface area (Å²) in [4.78, 5) is 59.0. The fourth-order valence-corrected chi connectivity index (χ4v) is 4.03. The van der Waals surface area contributed by atoms with Crippen LogP contribution < -0.4 is 5.32 Å². The number of hydrogen-bond acceptors (Lipinski definition) is 5. The summed E-state index contributed by atoms with van der Waals surface area (Å²) in [5, 5.41) is 2.60. The first-order valence-corrected chi connectivity index (χ1v) is 10.6. The number of imide groups is 1. The van der Waals surface area contributed by atoms with Gasteiger partial charge in [-0.15, -0.1) is 0 Å². The van der Waals surface area contributed by atoms with Gasteiger partial charge in [0.15, 0.2) is 0 Å². The SMILES string of the molecule is CC1(c2ccc(F)cc2)NC(=O)N(CC(=O)N2CCN(C(=O)Cc3ccccn3)CC2)C1=O. The molecule has 1 atom stereocenters. The van der Waals surface area contributed by atoms with E-state index < -0.39 is 29.8 Å². The smallest absolute Gasteiger partial charge is 0.325 e. The van der Waals surface area contributed by atoms with E-state index in [1.165, 1.54) is 31.2 Å². The van der Waals surface area contributed by atoms with Crippen molar-refractivity contribution < 1.29 is 23.6 Å². The lowest BCUT2D eigenvalue weighted by atomic mass is 9.92. The molecule has 0 aliphatic carbocycles. The molecule has 5 amide bonds. The molecule has 2 saturated heterocycles. The summed E-state index contributed by atoms with van der Waals surface area (Å²) in [5.41, 5.74) is -0.261. The number of amides is 5. The number of aromatic nitrogens is 1. The van der Waals surface area contributed by atoms with E-state index in [9.17, 15) is 23.6 Å². The first-order chi connectivity index (χ1) is 15.8. The second kappa shape index (κ2) is 8.97. The van der Waals surface area contributed by atoms with Crippen molar-refractivity contribution in [1.29, 1.82) is 0 Å². The van der Waals surface area contributed by atoms with E-state index in [4.69, 9.17) is 0 Å². The summed E-state index contributed by atoms with van der Waals surface area (Å²) in [5.74, 6) is -1.47. The van der Waals surface area contributed by atoms with Crippen molar-refractivity contribution in [1.82, 2.24) is 25.0 Å². The monoisotopic (exact) mass is 453 g/mol. The third kappa shape index (κ3) is 4.55. The summed E-state index contributed by atoms with van der Waals surface area (Å²) in [6.45, 7) is 2.48. The zero-order valence-corrected chi connectivity index (χ0v) is 18.2. The topological polar surface area (TPSA) is 103 Å². The van der Waals surface area contributed by atoms with Crippen LogP contribution in [-0.2, 0) is 26.3 Å². The standard InChI is InChI=1S/C23H24FN5O4/c1-23(16-5-7-17(24)8-6-16)21(32)29(22(33)26-23)15-20(31)28-12-10-27(11-13-28)19(30)14-18-4-2-3-9-25-18/h2-9H,10-15H2,1H3,(H,26,33). The van der Waals surface area contributed by atoms with Crippen LogP contribution in [0.5, 0.6) is 0 Å².